The topological polar surface area (TPSA) is 54.6 Å². The Kier molecular flexibility index (Phi) is 7.11. The summed E-state index contributed by atoms with van der Waals surface area (Å²) in [5, 5.41) is 4.71. The maximum atomic E-state index is 12.7. The number of benzene rings is 2. The number of hydrogen-bond donors (Lipinski definition) is 0. The maximum absolute atomic E-state index is 12.7. The first-order chi connectivity index (χ1) is 15.1. The van der Waals surface area contributed by atoms with E-state index in [2.05, 4.69) is 36.8 Å². The van der Waals surface area contributed by atoms with Gasteiger partial charge in [0.15, 0.2) is 0 Å². The Morgan fingerprint density at radius 2 is 1.68 bits per heavy atom. The monoisotopic (exact) mass is 448 g/mol. The van der Waals surface area contributed by atoms with E-state index in [-0.39, 0.29) is 11.6 Å². The number of hydrogen-bond acceptors (Lipinski definition) is 6. The zero-order chi connectivity index (χ0) is 21.6. The van der Waals surface area contributed by atoms with Gasteiger partial charge in [0.25, 0.3) is 0 Å². The lowest BCUT2D eigenvalue weighted by atomic mass is 10.2. The van der Waals surface area contributed by atoms with Crippen molar-refractivity contribution in [3.63, 3.8) is 0 Å². The molecule has 3 aromatic rings. The molecule has 2 aromatic carbocycles. The van der Waals surface area contributed by atoms with Crippen molar-refractivity contribution in [3.05, 3.63) is 65.0 Å². The van der Waals surface area contributed by atoms with Crippen molar-refractivity contribution in [2.24, 2.45) is 0 Å². The van der Waals surface area contributed by atoms with Crippen LogP contribution < -0.4 is 4.74 Å². The predicted molar refractivity (Wildman–Crippen MR) is 113 cm³/mol. The highest BCUT2D eigenvalue weighted by Crippen LogP contribution is 2.29. The zero-order valence-corrected chi connectivity index (χ0v) is 17.6. The van der Waals surface area contributed by atoms with Crippen molar-refractivity contribution in [1.82, 2.24) is 19.9 Å². The summed E-state index contributed by atoms with van der Waals surface area (Å²) in [6, 6.07) is 14.4. The summed E-state index contributed by atoms with van der Waals surface area (Å²) in [4.78, 5) is 9.08. The number of rotatable bonds is 7. The van der Waals surface area contributed by atoms with Gasteiger partial charge in [-0.25, -0.2) is 0 Å². The molecule has 1 fully saturated rings. The van der Waals surface area contributed by atoms with Gasteiger partial charge in [-0.1, -0.05) is 41.0 Å². The Bertz CT molecular complexity index is 984. The summed E-state index contributed by atoms with van der Waals surface area (Å²) in [5.74, 6) is 0.718. The predicted octanol–water partition coefficient (Wildman–Crippen LogP) is 4.70. The van der Waals surface area contributed by atoms with Crippen LogP contribution in [0.1, 0.15) is 17.9 Å². The molecule has 0 aliphatic carbocycles. The fourth-order valence-electron chi connectivity index (χ4n) is 3.66. The molecule has 2 heterocycles. The molecule has 9 heteroatoms. The van der Waals surface area contributed by atoms with E-state index >= 15 is 0 Å². The molecule has 4 rings (SSSR count). The van der Waals surface area contributed by atoms with Crippen molar-refractivity contribution < 1.29 is 18.0 Å². The number of halogens is 3. The molecule has 1 aliphatic heterocycles. The summed E-state index contributed by atoms with van der Waals surface area (Å²) >= 11 is 5.97. The molecule has 6 nitrogen and oxygen atoms in total. The quantitative estimate of drug-likeness (QED) is 0.522. The Morgan fingerprint density at radius 1 is 0.968 bits per heavy atom. The highest BCUT2D eigenvalue weighted by atomic mass is 35.5. The first-order valence-electron chi connectivity index (χ1n) is 10.1. The third kappa shape index (κ3) is 6.00. The van der Waals surface area contributed by atoms with E-state index in [1.807, 2.05) is 12.1 Å². The summed E-state index contributed by atoms with van der Waals surface area (Å²) in [6.07, 6.45) is 1.03. The van der Waals surface area contributed by atoms with E-state index in [0.717, 1.165) is 44.2 Å². The van der Waals surface area contributed by atoms with Crippen LogP contribution in [0.25, 0.3) is 11.4 Å². The van der Waals surface area contributed by atoms with Crippen LogP contribution in [-0.2, 0) is 13.1 Å². The lowest BCUT2D eigenvalue weighted by Gasteiger charge is -2.21. The minimum Gasteiger partial charge on any atom is -0.434 e. The second-order valence-corrected chi connectivity index (χ2v) is 7.86. The van der Waals surface area contributed by atoms with Crippen LogP contribution >= 0.6 is 11.6 Å². The average molecular weight is 449 g/mol. The Balaban J connectivity index is 1.35. The Labute approximate surface area is 184 Å². The second-order valence-electron chi connectivity index (χ2n) is 7.42. The van der Waals surface area contributed by atoms with Gasteiger partial charge >= 0.3 is 6.61 Å². The number of nitrogens with zero attached hydrogens (tertiary/aromatic N) is 4. The normalized spacial score (nSPS) is 15.9. The smallest absolute Gasteiger partial charge is 0.387 e. The molecule has 0 radical (unpaired) electrons. The van der Waals surface area contributed by atoms with Gasteiger partial charge in [-0.2, -0.15) is 13.8 Å². The van der Waals surface area contributed by atoms with Crippen LogP contribution in [0, 0.1) is 0 Å². The fourth-order valence-corrected chi connectivity index (χ4v) is 3.78. The lowest BCUT2D eigenvalue weighted by Crippen LogP contribution is -2.30. The van der Waals surface area contributed by atoms with Gasteiger partial charge in [0.1, 0.15) is 5.75 Å². The molecule has 0 amide bonds. The van der Waals surface area contributed by atoms with E-state index in [0.29, 0.717) is 18.0 Å². The van der Waals surface area contributed by atoms with Gasteiger partial charge < -0.3 is 9.26 Å². The summed E-state index contributed by atoms with van der Waals surface area (Å²) < 4.78 is 35.3. The Hall–Kier alpha value is -2.55. The fraction of sp³-hybridized carbons (Fsp3) is 0.364. The number of para-hydroxylation sites is 1. The number of ether oxygens (including phenoxy) is 1. The minimum atomic E-state index is -2.92. The molecule has 0 saturated carbocycles. The van der Waals surface area contributed by atoms with Crippen molar-refractivity contribution in [3.8, 4) is 17.1 Å². The van der Waals surface area contributed by atoms with Crippen LogP contribution in [0.4, 0.5) is 8.78 Å². The van der Waals surface area contributed by atoms with Crippen molar-refractivity contribution >= 4 is 11.6 Å². The highest BCUT2D eigenvalue weighted by molar-refractivity contribution is 6.30. The van der Waals surface area contributed by atoms with Gasteiger partial charge in [-0.3, -0.25) is 9.80 Å². The molecule has 1 saturated heterocycles. The van der Waals surface area contributed by atoms with Crippen LogP contribution in [0.2, 0.25) is 5.02 Å². The van der Waals surface area contributed by atoms with Crippen LogP contribution in [0.5, 0.6) is 5.75 Å². The Morgan fingerprint density at radius 3 is 2.42 bits per heavy atom. The molecule has 31 heavy (non-hydrogen) atoms. The number of aromatic nitrogens is 2. The average Bonchev–Trinajstić information content (AvgIpc) is 3.10. The summed E-state index contributed by atoms with van der Waals surface area (Å²) in [5.41, 5.74) is 1.62. The van der Waals surface area contributed by atoms with Crippen LogP contribution in [0.3, 0.4) is 0 Å². The largest absolute Gasteiger partial charge is 0.434 e. The molecule has 1 aliphatic rings. The molecule has 1 aromatic heterocycles. The standard InChI is InChI=1S/C22H23ClF2N4O2/c23-17-8-6-16(7-9-17)14-28-10-3-11-29(13-12-28)15-20-26-21(27-31-20)18-4-1-2-5-19(18)30-22(24)25/h1-2,4-9,22H,3,10-15H2. The van der Waals surface area contributed by atoms with E-state index in [4.69, 9.17) is 16.1 Å². The molecule has 0 N–H and O–H groups in total. The number of alkyl halides is 2. The molecular formula is C22H23ClF2N4O2. The summed E-state index contributed by atoms with van der Waals surface area (Å²) in [7, 11) is 0. The minimum absolute atomic E-state index is 0.0254. The molecule has 0 atom stereocenters. The van der Waals surface area contributed by atoms with Gasteiger partial charge in [0.05, 0.1) is 12.1 Å². The first kappa shape index (κ1) is 21.7. The molecule has 0 unspecified atom stereocenters. The maximum Gasteiger partial charge on any atom is 0.387 e. The van der Waals surface area contributed by atoms with E-state index < -0.39 is 6.61 Å². The second kappa shape index (κ2) is 10.2. The van der Waals surface area contributed by atoms with Gasteiger partial charge in [0, 0.05) is 24.7 Å². The van der Waals surface area contributed by atoms with Gasteiger partial charge in [0.2, 0.25) is 11.7 Å². The molecule has 0 bridgehead atoms. The van der Waals surface area contributed by atoms with Crippen molar-refractivity contribution in [2.75, 3.05) is 26.2 Å². The SMILES string of the molecule is FC(F)Oc1ccccc1-c1noc(CN2CCCN(Cc3ccc(Cl)cc3)CC2)n1. The zero-order valence-electron chi connectivity index (χ0n) is 16.9. The molecule has 164 valence electrons. The molecule has 0 spiro atoms. The van der Waals surface area contributed by atoms with Crippen molar-refractivity contribution in [1.29, 1.82) is 0 Å². The first-order valence-corrected chi connectivity index (χ1v) is 10.5. The van der Waals surface area contributed by atoms with E-state index in [9.17, 15) is 8.78 Å². The third-order valence-corrected chi connectivity index (χ3v) is 5.42. The van der Waals surface area contributed by atoms with E-state index in [1.54, 1.807) is 18.2 Å². The third-order valence-electron chi connectivity index (χ3n) is 5.17. The lowest BCUT2D eigenvalue weighted by molar-refractivity contribution is -0.0494. The van der Waals surface area contributed by atoms with E-state index in [1.165, 1.54) is 11.6 Å². The van der Waals surface area contributed by atoms with Crippen LogP contribution in [-0.4, -0.2) is 52.7 Å². The van der Waals surface area contributed by atoms with Gasteiger partial charge in [-0.15, -0.1) is 0 Å². The van der Waals surface area contributed by atoms with Crippen LogP contribution in [0.15, 0.2) is 53.1 Å². The summed E-state index contributed by atoms with van der Waals surface area (Å²) in [6.45, 7) is 2.20. The highest BCUT2D eigenvalue weighted by Gasteiger charge is 2.20. The van der Waals surface area contributed by atoms with Crippen molar-refractivity contribution in [2.45, 2.75) is 26.1 Å². The molecular weight excluding hydrogens is 426 g/mol. The van der Waals surface area contributed by atoms with Gasteiger partial charge in [-0.05, 0) is 49.3 Å².